The molecule has 6 heteroatoms. The van der Waals surface area contributed by atoms with Crippen LogP contribution >= 0.6 is 34.5 Å². The van der Waals surface area contributed by atoms with Gasteiger partial charge in [-0.1, -0.05) is 29.3 Å². The minimum absolute atomic E-state index is 0.000161. The summed E-state index contributed by atoms with van der Waals surface area (Å²) in [5.74, 6) is 0.000161. The first kappa shape index (κ1) is 15.8. The summed E-state index contributed by atoms with van der Waals surface area (Å²) in [6, 6.07) is 9.21. The van der Waals surface area contributed by atoms with Crippen molar-refractivity contribution in [3.8, 4) is 0 Å². The van der Waals surface area contributed by atoms with Gasteiger partial charge in [-0.05, 0) is 29.6 Å². The minimum atomic E-state index is 0.000161. The zero-order chi connectivity index (χ0) is 15.5. The van der Waals surface area contributed by atoms with Gasteiger partial charge in [0.15, 0.2) is 0 Å². The number of hydrogen-bond acceptors (Lipinski definition) is 3. The van der Waals surface area contributed by atoms with Crippen LogP contribution in [-0.2, 0) is 6.54 Å². The molecule has 0 radical (unpaired) electrons. The maximum atomic E-state index is 12.5. The van der Waals surface area contributed by atoms with Gasteiger partial charge in [0.1, 0.15) is 0 Å². The Morgan fingerprint density at radius 1 is 1.09 bits per heavy atom. The topological polar surface area (TPSA) is 23.6 Å². The van der Waals surface area contributed by atoms with Gasteiger partial charge >= 0.3 is 0 Å². The van der Waals surface area contributed by atoms with Gasteiger partial charge in [-0.3, -0.25) is 9.69 Å². The average Bonchev–Trinajstić information content (AvgIpc) is 2.99. The van der Waals surface area contributed by atoms with E-state index in [9.17, 15) is 4.79 Å². The first-order valence-corrected chi connectivity index (χ1v) is 8.75. The Balaban J connectivity index is 1.59. The Bertz CT molecular complexity index is 632. The number of piperazine rings is 1. The van der Waals surface area contributed by atoms with Crippen molar-refractivity contribution < 1.29 is 4.79 Å². The van der Waals surface area contributed by atoms with Crippen molar-refractivity contribution in [1.82, 2.24) is 9.80 Å². The molecule has 3 nitrogen and oxygen atoms in total. The second-order valence-electron chi connectivity index (χ2n) is 5.31. The zero-order valence-corrected chi connectivity index (χ0v) is 14.3. The van der Waals surface area contributed by atoms with Crippen LogP contribution in [0.15, 0.2) is 35.7 Å². The summed E-state index contributed by atoms with van der Waals surface area (Å²) in [5.41, 5.74) is 0.559. The molecule has 1 aromatic heterocycles. The Kier molecular flexibility index (Phi) is 5.03. The number of rotatable bonds is 3. The highest BCUT2D eigenvalue weighted by Gasteiger charge is 2.22. The normalized spacial score (nSPS) is 16.0. The predicted molar refractivity (Wildman–Crippen MR) is 92.0 cm³/mol. The predicted octanol–water partition coefficient (Wildman–Crippen LogP) is 4.01. The van der Waals surface area contributed by atoms with E-state index in [0.29, 0.717) is 15.6 Å². The van der Waals surface area contributed by atoms with Crippen LogP contribution in [0.5, 0.6) is 0 Å². The van der Waals surface area contributed by atoms with Gasteiger partial charge in [0.05, 0.1) is 0 Å². The molecule has 1 fully saturated rings. The second kappa shape index (κ2) is 7.01. The van der Waals surface area contributed by atoms with Gasteiger partial charge in [0.25, 0.3) is 5.91 Å². The van der Waals surface area contributed by atoms with E-state index >= 15 is 0 Å². The van der Waals surface area contributed by atoms with E-state index < -0.39 is 0 Å². The Morgan fingerprint density at radius 3 is 2.36 bits per heavy atom. The molecule has 1 amide bonds. The molecule has 0 spiro atoms. The van der Waals surface area contributed by atoms with Gasteiger partial charge in [-0.25, -0.2) is 0 Å². The molecule has 0 aliphatic carbocycles. The smallest absolute Gasteiger partial charge is 0.254 e. The van der Waals surface area contributed by atoms with Crippen LogP contribution in [0, 0.1) is 0 Å². The highest BCUT2D eigenvalue weighted by molar-refractivity contribution is 7.09. The molecule has 0 bridgehead atoms. The summed E-state index contributed by atoms with van der Waals surface area (Å²) in [4.78, 5) is 18.1. The highest BCUT2D eigenvalue weighted by Crippen LogP contribution is 2.21. The number of amides is 1. The number of nitrogens with zero attached hydrogens (tertiary/aromatic N) is 2. The van der Waals surface area contributed by atoms with Crippen LogP contribution in [0.25, 0.3) is 0 Å². The highest BCUT2D eigenvalue weighted by atomic mass is 35.5. The van der Waals surface area contributed by atoms with E-state index in [1.165, 1.54) is 4.88 Å². The lowest BCUT2D eigenvalue weighted by atomic mass is 10.2. The molecule has 22 heavy (non-hydrogen) atoms. The number of carbonyl (C=O) groups excluding carboxylic acids is 1. The summed E-state index contributed by atoms with van der Waals surface area (Å²) in [6.07, 6.45) is 0. The van der Waals surface area contributed by atoms with E-state index in [1.54, 1.807) is 29.5 Å². The van der Waals surface area contributed by atoms with Crippen LogP contribution in [0.1, 0.15) is 15.2 Å². The van der Waals surface area contributed by atoms with Crippen molar-refractivity contribution in [1.29, 1.82) is 0 Å². The Labute approximate surface area is 144 Å². The third-order valence-corrected chi connectivity index (χ3v) is 5.03. The molecule has 0 atom stereocenters. The molecule has 3 rings (SSSR count). The van der Waals surface area contributed by atoms with Crippen LogP contribution in [0.4, 0.5) is 0 Å². The van der Waals surface area contributed by atoms with Gasteiger partial charge in [0, 0.05) is 53.2 Å². The van der Waals surface area contributed by atoms with E-state index in [-0.39, 0.29) is 5.91 Å². The second-order valence-corrected chi connectivity index (χ2v) is 7.21. The quantitative estimate of drug-likeness (QED) is 0.831. The standard InChI is InChI=1S/C16H16Cl2N2OS/c17-13-8-12(9-14(18)10-13)16(21)20-5-3-19(4-6-20)11-15-2-1-7-22-15/h1-2,7-10H,3-6,11H2. The fourth-order valence-electron chi connectivity index (χ4n) is 2.59. The Morgan fingerprint density at radius 2 is 1.77 bits per heavy atom. The maximum Gasteiger partial charge on any atom is 0.254 e. The molecule has 2 heterocycles. The van der Waals surface area contributed by atoms with Crippen molar-refractivity contribution in [2.24, 2.45) is 0 Å². The van der Waals surface area contributed by atoms with Crippen molar-refractivity contribution in [3.05, 3.63) is 56.2 Å². The monoisotopic (exact) mass is 354 g/mol. The van der Waals surface area contributed by atoms with Crippen molar-refractivity contribution in [3.63, 3.8) is 0 Å². The SMILES string of the molecule is O=C(c1cc(Cl)cc(Cl)c1)N1CCN(Cc2cccs2)CC1. The first-order valence-electron chi connectivity index (χ1n) is 7.12. The molecule has 0 saturated carbocycles. The zero-order valence-electron chi connectivity index (χ0n) is 12.0. The number of benzene rings is 1. The molecule has 1 aromatic carbocycles. The van der Waals surface area contributed by atoms with Crippen LogP contribution in [0.3, 0.4) is 0 Å². The molecular weight excluding hydrogens is 339 g/mol. The third kappa shape index (κ3) is 3.82. The Hall–Kier alpha value is -1.07. The molecule has 0 unspecified atom stereocenters. The average molecular weight is 355 g/mol. The summed E-state index contributed by atoms with van der Waals surface area (Å²) >= 11 is 13.7. The molecule has 1 aliphatic rings. The van der Waals surface area contributed by atoms with E-state index in [0.717, 1.165) is 32.7 Å². The molecule has 0 N–H and O–H groups in total. The number of carbonyl (C=O) groups is 1. The first-order chi connectivity index (χ1) is 10.6. The summed E-state index contributed by atoms with van der Waals surface area (Å²) < 4.78 is 0. The largest absolute Gasteiger partial charge is 0.336 e. The maximum absolute atomic E-state index is 12.5. The van der Waals surface area contributed by atoms with E-state index in [4.69, 9.17) is 23.2 Å². The lowest BCUT2D eigenvalue weighted by molar-refractivity contribution is 0.0629. The molecule has 116 valence electrons. The van der Waals surface area contributed by atoms with E-state index in [2.05, 4.69) is 22.4 Å². The summed E-state index contributed by atoms with van der Waals surface area (Å²) in [7, 11) is 0. The van der Waals surface area contributed by atoms with Gasteiger partial charge < -0.3 is 4.90 Å². The van der Waals surface area contributed by atoms with Gasteiger partial charge in [-0.15, -0.1) is 11.3 Å². The van der Waals surface area contributed by atoms with Crippen molar-refractivity contribution in [2.45, 2.75) is 6.54 Å². The summed E-state index contributed by atoms with van der Waals surface area (Å²) in [5, 5.41) is 3.08. The fourth-order valence-corrected chi connectivity index (χ4v) is 3.86. The molecule has 1 saturated heterocycles. The van der Waals surface area contributed by atoms with Crippen molar-refractivity contribution in [2.75, 3.05) is 26.2 Å². The van der Waals surface area contributed by atoms with Crippen LogP contribution < -0.4 is 0 Å². The van der Waals surface area contributed by atoms with Gasteiger partial charge in [0.2, 0.25) is 0 Å². The molecule has 2 aromatic rings. The lowest BCUT2D eigenvalue weighted by Gasteiger charge is -2.34. The number of thiophene rings is 1. The third-order valence-electron chi connectivity index (χ3n) is 3.73. The lowest BCUT2D eigenvalue weighted by Crippen LogP contribution is -2.48. The molecular formula is C16H16Cl2N2OS. The minimum Gasteiger partial charge on any atom is -0.336 e. The summed E-state index contributed by atoms with van der Waals surface area (Å²) in [6.45, 7) is 4.20. The van der Waals surface area contributed by atoms with Gasteiger partial charge in [-0.2, -0.15) is 0 Å². The van der Waals surface area contributed by atoms with E-state index in [1.807, 2.05) is 4.90 Å². The number of halogens is 2. The number of hydrogen-bond donors (Lipinski definition) is 0. The fraction of sp³-hybridized carbons (Fsp3) is 0.312. The molecule has 1 aliphatic heterocycles. The van der Waals surface area contributed by atoms with Crippen LogP contribution in [0.2, 0.25) is 10.0 Å². The van der Waals surface area contributed by atoms with Crippen LogP contribution in [-0.4, -0.2) is 41.9 Å². The van der Waals surface area contributed by atoms with Crippen molar-refractivity contribution >= 4 is 40.4 Å².